The van der Waals surface area contributed by atoms with Crippen LogP contribution in [0.2, 0.25) is 0 Å². The second kappa shape index (κ2) is 5.46. The number of carbonyl (C=O) groups is 1. The van der Waals surface area contributed by atoms with Gasteiger partial charge in [0.1, 0.15) is 6.04 Å². The molecule has 0 aliphatic heterocycles. The van der Waals surface area contributed by atoms with Crippen LogP contribution in [0.25, 0.3) is 5.69 Å². The van der Waals surface area contributed by atoms with Gasteiger partial charge in [0.25, 0.3) is 0 Å². The lowest BCUT2D eigenvalue weighted by Gasteiger charge is -2.06. The number of methoxy groups -OCH3 is 1. The molecule has 2 aromatic rings. The molecule has 94 valence electrons. The van der Waals surface area contributed by atoms with Crippen LogP contribution in [-0.4, -0.2) is 28.7 Å². The number of ether oxygens (including phenoxy) is 1. The van der Waals surface area contributed by atoms with Crippen molar-refractivity contribution >= 4 is 5.97 Å². The van der Waals surface area contributed by atoms with Crippen LogP contribution in [0.4, 0.5) is 0 Å². The van der Waals surface area contributed by atoms with Gasteiger partial charge in [0.05, 0.1) is 19.1 Å². The van der Waals surface area contributed by atoms with Crippen LogP contribution in [0, 0.1) is 0 Å². The van der Waals surface area contributed by atoms with Gasteiger partial charge in [-0.2, -0.15) is 0 Å². The smallest absolute Gasteiger partial charge is 0.323 e. The Morgan fingerprint density at radius 3 is 2.83 bits per heavy atom. The first-order chi connectivity index (χ1) is 8.70. The number of benzene rings is 1. The molecule has 5 nitrogen and oxygen atoms in total. The maximum Gasteiger partial charge on any atom is 0.323 e. The Kier molecular flexibility index (Phi) is 3.74. The van der Waals surface area contributed by atoms with E-state index in [4.69, 9.17) is 5.73 Å². The molecule has 0 saturated carbocycles. The molecule has 1 atom stereocenters. The fourth-order valence-corrected chi connectivity index (χ4v) is 1.67. The topological polar surface area (TPSA) is 70.1 Å². The summed E-state index contributed by atoms with van der Waals surface area (Å²) in [5.41, 5.74) is 7.46. The fourth-order valence-electron chi connectivity index (χ4n) is 1.67. The summed E-state index contributed by atoms with van der Waals surface area (Å²) in [4.78, 5) is 15.4. The number of rotatable bonds is 4. The summed E-state index contributed by atoms with van der Waals surface area (Å²) in [6.45, 7) is 0. The molecular formula is C13H15N3O2. The number of hydrogen-bond acceptors (Lipinski definition) is 4. The maximum atomic E-state index is 11.2. The summed E-state index contributed by atoms with van der Waals surface area (Å²) in [5, 5.41) is 0. The highest BCUT2D eigenvalue weighted by Gasteiger charge is 2.15. The van der Waals surface area contributed by atoms with Gasteiger partial charge in [-0.1, -0.05) is 18.2 Å². The molecule has 1 unspecified atom stereocenters. The molecule has 5 heteroatoms. The van der Waals surface area contributed by atoms with Gasteiger partial charge >= 0.3 is 5.97 Å². The van der Waals surface area contributed by atoms with E-state index in [1.165, 1.54) is 7.11 Å². The van der Waals surface area contributed by atoms with E-state index < -0.39 is 12.0 Å². The van der Waals surface area contributed by atoms with Crippen molar-refractivity contribution in [3.63, 3.8) is 0 Å². The number of hydrogen-bond donors (Lipinski definition) is 1. The summed E-state index contributed by atoms with van der Waals surface area (Å²) < 4.78 is 6.47. The number of carbonyl (C=O) groups excluding carboxylic acids is 1. The molecule has 0 spiro atoms. The molecular weight excluding hydrogens is 230 g/mol. The zero-order valence-corrected chi connectivity index (χ0v) is 10.1. The van der Waals surface area contributed by atoms with E-state index >= 15 is 0 Å². The minimum Gasteiger partial charge on any atom is -0.468 e. The summed E-state index contributed by atoms with van der Waals surface area (Å²) >= 11 is 0. The summed E-state index contributed by atoms with van der Waals surface area (Å²) in [5.74, 6) is -0.427. The Hall–Kier alpha value is -2.14. The number of imidazole rings is 1. The molecule has 2 N–H and O–H groups in total. The quantitative estimate of drug-likeness (QED) is 0.813. The molecule has 2 rings (SSSR count). The number of nitrogens with zero attached hydrogens (tertiary/aromatic N) is 2. The van der Waals surface area contributed by atoms with E-state index in [1.807, 2.05) is 41.1 Å². The van der Waals surface area contributed by atoms with Crippen molar-refractivity contribution in [3.8, 4) is 5.69 Å². The van der Waals surface area contributed by atoms with E-state index in [0.29, 0.717) is 6.42 Å². The van der Waals surface area contributed by atoms with Gasteiger partial charge in [0.15, 0.2) is 0 Å². The van der Waals surface area contributed by atoms with Crippen molar-refractivity contribution in [2.45, 2.75) is 12.5 Å². The molecule has 0 aliphatic rings. The highest BCUT2D eigenvalue weighted by atomic mass is 16.5. The maximum absolute atomic E-state index is 11.2. The monoisotopic (exact) mass is 245 g/mol. The third-order valence-corrected chi connectivity index (χ3v) is 2.62. The van der Waals surface area contributed by atoms with E-state index in [9.17, 15) is 4.79 Å². The van der Waals surface area contributed by atoms with Gasteiger partial charge < -0.3 is 15.0 Å². The van der Waals surface area contributed by atoms with Gasteiger partial charge in [-0.3, -0.25) is 4.79 Å². The van der Waals surface area contributed by atoms with E-state index in [0.717, 1.165) is 11.4 Å². The van der Waals surface area contributed by atoms with Crippen molar-refractivity contribution in [1.82, 2.24) is 9.55 Å². The summed E-state index contributed by atoms with van der Waals surface area (Å²) in [6, 6.07) is 9.14. The molecule has 0 saturated heterocycles. The first-order valence-electron chi connectivity index (χ1n) is 5.62. The fraction of sp³-hybridized carbons (Fsp3) is 0.231. The highest BCUT2D eigenvalue weighted by molar-refractivity contribution is 5.75. The number of nitrogens with two attached hydrogens (primary N) is 1. The summed E-state index contributed by atoms with van der Waals surface area (Å²) in [7, 11) is 1.32. The standard InChI is InChI=1S/C13H15N3O2/c1-18-13(17)12(14)7-10-8-16(9-15-10)11-5-3-2-4-6-11/h2-6,8-9,12H,7,14H2,1H3. The first-order valence-corrected chi connectivity index (χ1v) is 5.62. The van der Waals surface area contributed by atoms with Crippen LogP contribution in [0.1, 0.15) is 5.69 Å². The molecule has 0 radical (unpaired) electrons. The van der Waals surface area contributed by atoms with Gasteiger partial charge in [0.2, 0.25) is 0 Å². The Morgan fingerprint density at radius 2 is 2.17 bits per heavy atom. The molecule has 1 aromatic heterocycles. The second-order valence-electron chi connectivity index (χ2n) is 3.94. The molecule has 18 heavy (non-hydrogen) atoms. The molecule has 0 amide bonds. The van der Waals surface area contributed by atoms with E-state index in [2.05, 4.69) is 9.72 Å². The normalized spacial score (nSPS) is 12.1. The average molecular weight is 245 g/mol. The number of para-hydroxylation sites is 1. The zero-order valence-electron chi connectivity index (χ0n) is 10.1. The average Bonchev–Trinajstić information content (AvgIpc) is 2.87. The van der Waals surface area contributed by atoms with Gasteiger partial charge in [-0.05, 0) is 12.1 Å². The minimum absolute atomic E-state index is 0.368. The molecule has 1 heterocycles. The lowest BCUT2D eigenvalue weighted by Crippen LogP contribution is -2.33. The Bertz CT molecular complexity index is 522. The SMILES string of the molecule is COC(=O)C(N)Cc1cn(-c2ccccc2)cn1. The second-order valence-corrected chi connectivity index (χ2v) is 3.94. The Morgan fingerprint density at radius 1 is 1.44 bits per heavy atom. The predicted octanol–water partition coefficient (Wildman–Crippen LogP) is 0.915. The predicted molar refractivity (Wildman–Crippen MR) is 67.3 cm³/mol. The molecule has 0 aliphatic carbocycles. The van der Waals surface area contributed by atoms with Crippen LogP contribution in [0.5, 0.6) is 0 Å². The molecule has 0 bridgehead atoms. The van der Waals surface area contributed by atoms with E-state index in [1.54, 1.807) is 6.33 Å². The van der Waals surface area contributed by atoms with Crippen molar-refractivity contribution in [3.05, 3.63) is 48.5 Å². The third-order valence-electron chi connectivity index (χ3n) is 2.62. The highest BCUT2D eigenvalue weighted by Crippen LogP contribution is 2.09. The lowest BCUT2D eigenvalue weighted by molar-refractivity contribution is -0.142. The Balaban J connectivity index is 2.09. The number of esters is 1. The van der Waals surface area contributed by atoms with Gasteiger partial charge in [0, 0.05) is 18.3 Å². The largest absolute Gasteiger partial charge is 0.468 e. The number of aromatic nitrogens is 2. The lowest BCUT2D eigenvalue weighted by atomic mass is 10.2. The van der Waals surface area contributed by atoms with Crippen molar-refractivity contribution in [2.75, 3.05) is 7.11 Å². The van der Waals surface area contributed by atoms with E-state index in [-0.39, 0.29) is 0 Å². The van der Waals surface area contributed by atoms with Gasteiger partial charge in [-0.25, -0.2) is 4.98 Å². The zero-order chi connectivity index (χ0) is 13.0. The molecule has 1 aromatic carbocycles. The minimum atomic E-state index is -0.672. The van der Waals surface area contributed by atoms with Crippen molar-refractivity contribution in [2.24, 2.45) is 5.73 Å². The third kappa shape index (κ3) is 2.75. The van der Waals surface area contributed by atoms with Crippen LogP contribution in [0.15, 0.2) is 42.9 Å². The molecule has 0 fully saturated rings. The van der Waals surface area contributed by atoms with Crippen LogP contribution >= 0.6 is 0 Å². The van der Waals surface area contributed by atoms with Crippen LogP contribution in [0.3, 0.4) is 0 Å². The van der Waals surface area contributed by atoms with Crippen LogP contribution in [-0.2, 0) is 16.0 Å². The van der Waals surface area contributed by atoms with Crippen LogP contribution < -0.4 is 5.73 Å². The van der Waals surface area contributed by atoms with Crippen molar-refractivity contribution in [1.29, 1.82) is 0 Å². The van der Waals surface area contributed by atoms with Crippen molar-refractivity contribution < 1.29 is 9.53 Å². The Labute approximate surface area is 105 Å². The first kappa shape index (κ1) is 12.3. The van der Waals surface area contributed by atoms with Gasteiger partial charge in [-0.15, -0.1) is 0 Å². The summed E-state index contributed by atoms with van der Waals surface area (Å²) in [6.07, 6.45) is 3.93.